The summed E-state index contributed by atoms with van der Waals surface area (Å²) in [6, 6.07) is 0. The van der Waals surface area contributed by atoms with Crippen molar-refractivity contribution in [3.05, 3.63) is 18.2 Å². The zero-order valence-corrected chi connectivity index (χ0v) is 14.7. The van der Waals surface area contributed by atoms with E-state index in [1.165, 1.54) is 12.8 Å². The zero-order valence-electron chi connectivity index (χ0n) is 14.7. The first kappa shape index (κ1) is 16.6. The summed E-state index contributed by atoms with van der Waals surface area (Å²) in [5.41, 5.74) is -0.562. The maximum absolute atomic E-state index is 12.6. The number of carbonyl (C=O) groups is 2. The van der Waals surface area contributed by atoms with Crippen LogP contribution < -0.4 is 5.32 Å². The Morgan fingerprint density at radius 3 is 2.80 bits per heavy atom. The highest BCUT2D eigenvalue weighted by Gasteiger charge is 2.47. The van der Waals surface area contributed by atoms with Crippen LogP contribution in [0.25, 0.3) is 0 Å². The van der Waals surface area contributed by atoms with Gasteiger partial charge < -0.3 is 19.5 Å². The molecule has 136 valence electrons. The molecule has 25 heavy (non-hydrogen) atoms. The van der Waals surface area contributed by atoms with E-state index in [0.717, 1.165) is 12.4 Å². The zero-order chi connectivity index (χ0) is 17.4. The van der Waals surface area contributed by atoms with Crippen LogP contribution in [0.3, 0.4) is 0 Å². The van der Waals surface area contributed by atoms with E-state index in [1.807, 2.05) is 22.6 Å². The molecule has 1 aromatic heterocycles. The van der Waals surface area contributed by atoms with Gasteiger partial charge in [0.05, 0.1) is 6.54 Å². The number of nitrogens with zero attached hydrogens (tertiary/aromatic N) is 3. The lowest BCUT2D eigenvalue weighted by atomic mass is 9.88. The molecule has 0 bridgehead atoms. The van der Waals surface area contributed by atoms with Gasteiger partial charge in [0.25, 0.3) is 5.91 Å². The number of piperidine rings is 1. The molecule has 3 aliphatic rings. The average molecular weight is 346 g/mol. The van der Waals surface area contributed by atoms with Crippen LogP contribution in [0.15, 0.2) is 12.4 Å². The third kappa shape index (κ3) is 3.17. The van der Waals surface area contributed by atoms with Crippen LogP contribution in [0.4, 0.5) is 0 Å². The van der Waals surface area contributed by atoms with Gasteiger partial charge in [0.2, 0.25) is 5.91 Å². The molecule has 1 saturated heterocycles. The van der Waals surface area contributed by atoms with Crippen LogP contribution in [0.1, 0.15) is 44.9 Å². The largest absolute Gasteiger partial charge is 0.354 e. The molecule has 1 spiro atoms. The van der Waals surface area contributed by atoms with Crippen LogP contribution in [0, 0.1) is 5.92 Å². The molecule has 4 rings (SSSR count). The van der Waals surface area contributed by atoms with E-state index in [-0.39, 0.29) is 11.8 Å². The number of likely N-dealkylation sites (tertiary alicyclic amines) is 1. The molecule has 7 heteroatoms. The van der Waals surface area contributed by atoms with E-state index < -0.39 is 11.7 Å². The number of amides is 2. The fourth-order valence-electron chi connectivity index (χ4n) is 3.90. The van der Waals surface area contributed by atoms with E-state index >= 15 is 0 Å². The van der Waals surface area contributed by atoms with E-state index in [9.17, 15) is 9.59 Å². The summed E-state index contributed by atoms with van der Waals surface area (Å²) < 4.78 is 8.39. The number of hydrogen-bond acceptors (Lipinski definition) is 4. The van der Waals surface area contributed by atoms with Crippen molar-refractivity contribution < 1.29 is 14.3 Å². The number of hydrogen-bond donors (Lipinski definition) is 1. The first-order valence-corrected chi connectivity index (χ1v) is 9.36. The van der Waals surface area contributed by atoms with Crippen molar-refractivity contribution in [3.8, 4) is 0 Å². The summed E-state index contributed by atoms with van der Waals surface area (Å²) in [5, 5.41) is 3.03. The fraction of sp³-hybridized carbons (Fsp3) is 0.722. The maximum Gasteiger partial charge on any atom is 0.251 e. The molecule has 2 amide bonds. The van der Waals surface area contributed by atoms with Gasteiger partial charge >= 0.3 is 0 Å². The number of ether oxygens (including phenoxy) is 1. The highest BCUT2D eigenvalue weighted by Crippen LogP contribution is 2.40. The van der Waals surface area contributed by atoms with Gasteiger partial charge in [-0.25, -0.2) is 4.98 Å². The first-order valence-electron chi connectivity index (χ1n) is 9.36. The summed E-state index contributed by atoms with van der Waals surface area (Å²) in [5.74, 6) is 1.68. The number of fused-ring (bicyclic) bond motifs is 2. The van der Waals surface area contributed by atoms with Gasteiger partial charge in [-0.05, 0) is 18.8 Å². The molecule has 2 fully saturated rings. The number of nitrogens with one attached hydrogen (secondary N) is 1. The molecule has 1 saturated carbocycles. The van der Waals surface area contributed by atoms with Crippen molar-refractivity contribution in [1.82, 2.24) is 19.8 Å². The lowest BCUT2D eigenvalue weighted by molar-refractivity contribution is -0.175. The summed E-state index contributed by atoms with van der Waals surface area (Å²) in [6.45, 7) is 4.44. The number of carbonyl (C=O) groups excluding carboxylic acids is 2. The van der Waals surface area contributed by atoms with Gasteiger partial charge in [0, 0.05) is 51.3 Å². The Hall–Kier alpha value is -1.89. The van der Waals surface area contributed by atoms with Gasteiger partial charge in [-0.1, -0.05) is 6.92 Å². The Balaban J connectivity index is 1.49. The third-order valence-electron chi connectivity index (χ3n) is 5.63. The van der Waals surface area contributed by atoms with Crippen molar-refractivity contribution in [2.75, 3.05) is 19.6 Å². The smallest absolute Gasteiger partial charge is 0.251 e. The minimum Gasteiger partial charge on any atom is -0.354 e. The van der Waals surface area contributed by atoms with Crippen LogP contribution in [-0.2, 0) is 26.5 Å². The van der Waals surface area contributed by atoms with Crippen molar-refractivity contribution in [1.29, 1.82) is 0 Å². The monoisotopic (exact) mass is 346 g/mol. The topological polar surface area (TPSA) is 76.5 Å². The molecule has 1 N–H and O–H groups in total. The highest BCUT2D eigenvalue weighted by atomic mass is 16.5. The van der Waals surface area contributed by atoms with Gasteiger partial charge in [0.1, 0.15) is 11.4 Å². The van der Waals surface area contributed by atoms with Crippen LogP contribution in [0.5, 0.6) is 0 Å². The quantitative estimate of drug-likeness (QED) is 0.884. The predicted octanol–water partition coefficient (Wildman–Crippen LogP) is 1.04. The minimum atomic E-state index is -0.562. The SMILES string of the molecule is CCC(=O)N1CCC2(CC1)O[C@H](C(=O)NCC1CC1)Cn1ccnc12. The van der Waals surface area contributed by atoms with Crippen molar-refractivity contribution in [2.45, 2.75) is 57.3 Å². The maximum atomic E-state index is 12.6. The molecule has 3 heterocycles. The molecule has 0 unspecified atom stereocenters. The van der Waals surface area contributed by atoms with Gasteiger partial charge in [-0.2, -0.15) is 0 Å². The summed E-state index contributed by atoms with van der Waals surface area (Å²) in [6.07, 6.45) is 7.51. The van der Waals surface area contributed by atoms with Crippen LogP contribution >= 0.6 is 0 Å². The van der Waals surface area contributed by atoms with Gasteiger partial charge in [0.15, 0.2) is 6.10 Å². The Labute approximate surface area is 147 Å². The molecule has 2 aliphatic heterocycles. The molecular weight excluding hydrogens is 320 g/mol. The third-order valence-corrected chi connectivity index (χ3v) is 5.63. The molecule has 0 aromatic carbocycles. The lowest BCUT2D eigenvalue weighted by Crippen LogP contribution is -2.54. The normalized spacial score (nSPS) is 24.8. The predicted molar refractivity (Wildman–Crippen MR) is 90.6 cm³/mol. The van der Waals surface area contributed by atoms with Gasteiger partial charge in [-0.15, -0.1) is 0 Å². The Kier molecular flexibility index (Phi) is 4.27. The van der Waals surface area contributed by atoms with Crippen LogP contribution in [0.2, 0.25) is 0 Å². The van der Waals surface area contributed by atoms with Gasteiger partial charge in [-0.3, -0.25) is 9.59 Å². The second kappa shape index (κ2) is 6.44. The Morgan fingerprint density at radius 2 is 2.12 bits per heavy atom. The second-order valence-electron chi connectivity index (χ2n) is 7.43. The van der Waals surface area contributed by atoms with E-state index in [2.05, 4.69) is 10.3 Å². The molecule has 0 radical (unpaired) electrons. The number of imidazole rings is 1. The summed E-state index contributed by atoms with van der Waals surface area (Å²) >= 11 is 0. The van der Waals surface area contributed by atoms with E-state index in [1.54, 1.807) is 6.20 Å². The molecule has 1 atom stereocenters. The minimum absolute atomic E-state index is 0.0299. The molecule has 7 nitrogen and oxygen atoms in total. The van der Waals surface area contributed by atoms with Crippen molar-refractivity contribution in [3.63, 3.8) is 0 Å². The lowest BCUT2D eigenvalue weighted by Gasteiger charge is -2.45. The van der Waals surface area contributed by atoms with E-state index in [4.69, 9.17) is 4.74 Å². The summed E-state index contributed by atoms with van der Waals surface area (Å²) in [4.78, 5) is 30.9. The number of aromatic nitrogens is 2. The summed E-state index contributed by atoms with van der Waals surface area (Å²) in [7, 11) is 0. The standard InChI is InChI=1S/C18H26N4O3/c1-2-15(23)21-8-5-18(6-9-21)17-19-7-10-22(17)12-14(25-18)16(24)20-11-13-3-4-13/h7,10,13-14H,2-6,8-9,11-12H2,1H3,(H,20,24)/t14-/m0/s1. The average Bonchev–Trinajstić information content (AvgIpc) is 3.34. The number of rotatable bonds is 4. The first-order chi connectivity index (χ1) is 12.1. The Morgan fingerprint density at radius 1 is 1.36 bits per heavy atom. The molecule has 1 aliphatic carbocycles. The highest BCUT2D eigenvalue weighted by molar-refractivity contribution is 5.81. The van der Waals surface area contributed by atoms with Crippen LogP contribution in [-0.4, -0.2) is 52.0 Å². The second-order valence-corrected chi connectivity index (χ2v) is 7.43. The van der Waals surface area contributed by atoms with E-state index in [0.29, 0.717) is 44.8 Å². The Bertz CT molecular complexity index is 659. The van der Waals surface area contributed by atoms with Crippen molar-refractivity contribution >= 4 is 11.8 Å². The molecule has 1 aromatic rings. The molecular formula is C18H26N4O3. The fourth-order valence-corrected chi connectivity index (χ4v) is 3.90. The van der Waals surface area contributed by atoms with Crippen molar-refractivity contribution in [2.24, 2.45) is 5.92 Å².